The fraction of sp³-hybridized carbons (Fsp3) is 0.217. The molecule has 1 aromatic heterocycles. The molecule has 1 fully saturated rings. The van der Waals surface area contributed by atoms with E-state index in [0.717, 1.165) is 26.2 Å². The Hall–Kier alpha value is -3.34. The van der Waals surface area contributed by atoms with Crippen molar-refractivity contribution in [1.29, 1.82) is 0 Å². The lowest BCUT2D eigenvalue weighted by Crippen LogP contribution is -2.28. The average Bonchev–Trinajstić information content (AvgIpc) is 3.26. The number of carbonyl (C=O) groups excluding carboxylic acids is 1. The molecule has 0 bridgehead atoms. The number of fused-ring (bicyclic) bond motifs is 2. The van der Waals surface area contributed by atoms with Crippen LogP contribution in [0.5, 0.6) is 0 Å². The van der Waals surface area contributed by atoms with Gasteiger partial charge in [-0.05, 0) is 40.1 Å². The summed E-state index contributed by atoms with van der Waals surface area (Å²) in [5.74, 6) is 0.752. The fourth-order valence-corrected chi connectivity index (χ4v) is 4.37. The van der Waals surface area contributed by atoms with Gasteiger partial charge in [0.05, 0.1) is 5.56 Å². The number of hydrogen-bond acceptors (Lipinski definition) is 4. The highest BCUT2D eigenvalue weighted by atomic mass is 16.1. The van der Waals surface area contributed by atoms with Gasteiger partial charge in [0.1, 0.15) is 5.82 Å². The SMILES string of the molecule is NC(=O)c1cccnc1N1CC2=CN(Cc3ccc4ccccc4c3)CC2C1. The van der Waals surface area contributed by atoms with Gasteiger partial charge >= 0.3 is 0 Å². The molecule has 0 saturated carbocycles. The Labute approximate surface area is 164 Å². The van der Waals surface area contributed by atoms with Gasteiger partial charge in [-0.25, -0.2) is 4.98 Å². The summed E-state index contributed by atoms with van der Waals surface area (Å²) < 4.78 is 0. The van der Waals surface area contributed by atoms with Crippen molar-refractivity contribution >= 4 is 22.5 Å². The Morgan fingerprint density at radius 2 is 1.93 bits per heavy atom. The minimum Gasteiger partial charge on any atom is -0.372 e. The van der Waals surface area contributed by atoms with E-state index in [4.69, 9.17) is 5.73 Å². The molecule has 28 heavy (non-hydrogen) atoms. The summed E-state index contributed by atoms with van der Waals surface area (Å²) in [5, 5.41) is 2.56. The molecule has 3 heterocycles. The van der Waals surface area contributed by atoms with Gasteiger partial charge in [-0.1, -0.05) is 36.4 Å². The normalized spacial score (nSPS) is 18.4. The second-order valence-electron chi connectivity index (χ2n) is 7.63. The molecule has 1 atom stereocenters. The Kier molecular flexibility index (Phi) is 4.01. The van der Waals surface area contributed by atoms with Crippen LogP contribution in [0.2, 0.25) is 0 Å². The predicted molar refractivity (Wildman–Crippen MR) is 111 cm³/mol. The van der Waals surface area contributed by atoms with E-state index in [9.17, 15) is 4.79 Å². The summed E-state index contributed by atoms with van der Waals surface area (Å²) in [4.78, 5) is 20.7. The first-order chi connectivity index (χ1) is 13.7. The first-order valence-electron chi connectivity index (χ1n) is 9.59. The largest absolute Gasteiger partial charge is 0.372 e. The number of amides is 1. The molecule has 0 aliphatic carbocycles. The maximum atomic E-state index is 11.7. The number of hydrogen-bond donors (Lipinski definition) is 1. The van der Waals surface area contributed by atoms with Gasteiger partial charge < -0.3 is 15.5 Å². The van der Waals surface area contributed by atoms with Crippen LogP contribution in [0, 0.1) is 5.92 Å². The summed E-state index contributed by atoms with van der Waals surface area (Å²) in [6, 6.07) is 18.7. The third kappa shape index (κ3) is 2.99. The fourth-order valence-electron chi connectivity index (χ4n) is 4.37. The summed E-state index contributed by atoms with van der Waals surface area (Å²) in [7, 11) is 0. The number of benzene rings is 2. The van der Waals surface area contributed by atoms with Gasteiger partial charge in [0.15, 0.2) is 0 Å². The maximum Gasteiger partial charge on any atom is 0.252 e. The van der Waals surface area contributed by atoms with Crippen LogP contribution in [-0.4, -0.2) is 35.4 Å². The van der Waals surface area contributed by atoms with E-state index in [-0.39, 0.29) is 0 Å². The van der Waals surface area contributed by atoms with Crippen LogP contribution in [-0.2, 0) is 6.54 Å². The van der Waals surface area contributed by atoms with Gasteiger partial charge in [0.25, 0.3) is 5.91 Å². The molecule has 2 aliphatic heterocycles. The van der Waals surface area contributed by atoms with Gasteiger partial charge in [-0.2, -0.15) is 0 Å². The van der Waals surface area contributed by atoms with Gasteiger partial charge in [0, 0.05) is 44.5 Å². The average molecular weight is 370 g/mol. The predicted octanol–water partition coefficient (Wildman–Crippen LogP) is 3.17. The van der Waals surface area contributed by atoms with E-state index in [1.807, 2.05) is 0 Å². The smallest absolute Gasteiger partial charge is 0.252 e. The third-order valence-electron chi connectivity index (χ3n) is 5.69. The minimum atomic E-state index is -0.424. The number of anilines is 1. The van der Waals surface area contributed by atoms with Gasteiger partial charge in [-0.15, -0.1) is 0 Å². The van der Waals surface area contributed by atoms with Crippen LogP contribution in [0.15, 0.2) is 72.6 Å². The van der Waals surface area contributed by atoms with Crippen LogP contribution >= 0.6 is 0 Å². The van der Waals surface area contributed by atoms with Gasteiger partial charge in [0.2, 0.25) is 0 Å². The summed E-state index contributed by atoms with van der Waals surface area (Å²) in [5.41, 5.74) is 8.74. The number of nitrogens with two attached hydrogens (primary N) is 1. The van der Waals surface area contributed by atoms with Crippen LogP contribution in [0.3, 0.4) is 0 Å². The zero-order valence-corrected chi connectivity index (χ0v) is 15.6. The number of rotatable bonds is 4. The number of pyridine rings is 1. The van der Waals surface area contributed by atoms with E-state index in [1.165, 1.54) is 21.9 Å². The van der Waals surface area contributed by atoms with Crippen molar-refractivity contribution in [3.63, 3.8) is 0 Å². The number of carbonyl (C=O) groups is 1. The van der Waals surface area contributed by atoms with E-state index >= 15 is 0 Å². The standard InChI is InChI=1S/C23H22N4O/c24-22(28)21-6-3-9-25-23(21)27-14-19-12-26(13-20(19)15-27)11-16-7-8-17-4-1-2-5-18(17)10-16/h1-10,12,20H,11,13-15H2,(H2,24,28). The van der Waals surface area contributed by atoms with Crippen molar-refractivity contribution in [2.75, 3.05) is 24.5 Å². The molecule has 2 N–H and O–H groups in total. The topological polar surface area (TPSA) is 62.5 Å². The molecule has 1 saturated heterocycles. The van der Waals surface area contributed by atoms with Crippen molar-refractivity contribution in [3.8, 4) is 0 Å². The lowest BCUT2D eigenvalue weighted by atomic mass is 10.1. The molecule has 140 valence electrons. The molecule has 2 aromatic carbocycles. The molecule has 3 aromatic rings. The first-order valence-corrected chi connectivity index (χ1v) is 9.59. The highest BCUT2D eigenvalue weighted by Crippen LogP contribution is 2.34. The molecule has 5 heteroatoms. The number of primary amides is 1. The molecule has 1 unspecified atom stereocenters. The maximum absolute atomic E-state index is 11.7. The summed E-state index contributed by atoms with van der Waals surface area (Å²) >= 11 is 0. The molecule has 5 nitrogen and oxygen atoms in total. The lowest BCUT2D eigenvalue weighted by molar-refractivity contribution is 0.100. The molecular formula is C23H22N4O. The van der Waals surface area contributed by atoms with Crippen LogP contribution < -0.4 is 10.6 Å². The Bertz CT molecular complexity index is 1090. The minimum absolute atomic E-state index is 0.424. The Morgan fingerprint density at radius 1 is 1.07 bits per heavy atom. The molecule has 5 rings (SSSR count). The number of aromatic nitrogens is 1. The third-order valence-corrected chi connectivity index (χ3v) is 5.69. The first kappa shape index (κ1) is 16.8. The second kappa shape index (κ2) is 6.68. The Morgan fingerprint density at radius 3 is 2.75 bits per heavy atom. The van der Waals surface area contributed by atoms with E-state index < -0.39 is 5.91 Å². The highest BCUT2D eigenvalue weighted by molar-refractivity contribution is 5.97. The highest BCUT2D eigenvalue weighted by Gasteiger charge is 2.34. The number of nitrogens with zero attached hydrogens (tertiary/aromatic N) is 3. The zero-order chi connectivity index (χ0) is 19.1. The van der Waals surface area contributed by atoms with Crippen LogP contribution in [0.1, 0.15) is 15.9 Å². The summed E-state index contributed by atoms with van der Waals surface area (Å²) in [6.45, 7) is 3.59. The van der Waals surface area contributed by atoms with Crippen molar-refractivity contribution < 1.29 is 4.79 Å². The summed E-state index contributed by atoms with van der Waals surface area (Å²) in [6.07, 6.45) is 4.00. The van der Waals surface area contributed by atoms with Crippen molar-refractivity contribution in [2.24, 2.45) is 11.7 Å². The van der Waals surface area contributed by atoms with Crippen LogP contribution in [0.4, 0.5) is 5.82 Å². The van der Waals surface area contributed by atoms with Crippen molar-refractivity contribution in [1.82, 2.24) is 9.88 Å². The molecule has 0 radical (unpaired) electrons. The lowest BCUT2D eigenvalue weighted by Gasteiger charge is -2.22. The Balaban J connectivity index is 1.32. The van der Waals surface area contributed by atoms with Crippen LogP contribution in [0.25, 0.3) is 10.8 Å². The van der Waals surface area contributed by atoms with E-state index in [0.29, 0.717) is 17.3 Å². The van der Waals surface area contributed by atoms with Crippen molar-refractivity contribution in [2.45, 2.75) is 6.54 Å². The zero-order valence-electron chi connectivity index (χ0n) is 15.6. The molecule has 0 spiro atoms. The molecule has 1 amide bonds. The monoisotopic (exact) mass is 370 g/mol. The van der Waals surface area contributed by atoms with Gasteiger partial charge in [-0.3, -0.25) is 4.79 Å². The molecular weight excluding hydrogens is 348 g/mol. The van der Waals surface area contributed by atoms with E-state index in [2.05, 4.69) is 63.4 Å². The van der Waals surface area contributed by atoms with E-state index in [1.54, 1.807) is 18.3 Å². The quantitative estimate of drug-likeness (QED) is 0.766. The second-order valence-corrected chi connectivity index (χ2v) is 7.63. The van der Waals surface area contributed by atoms with Crippen molar-refractivity contribution in [3.05, 3.63) is 83.7 Å². The molecule has 2 aliphatic rings.